The topological polar surface area (TPSA) is 26.0 Å². The molecule has 1 heteroatoms. The Labute approximate surface area is 115 Å². The highest BCUT2D eigenvalue weighted by molar-refractivity contribution is 5.72. The molecule has 0 spiro atoms. The Morgan fingerprint density at radius 3 is 2.32 bits per heavy atom. The maximum absolute atomic E-state index is 5.60. The molecule has 0 radical (unpaired) electrons. The summed E-state index contributed by atoms with van der Waals surface area (Å²) in [5.74, 6) is 0. The Balaban J connectivity index is 2.25. The van der Waals surface area contributed by atoms with Crippen LogP contribution < -0.4 is 5.73 Å². The Bertz CT molecular complexity index is 562. The first-order chi connectivity index (χ1) is 9.20. The van der Waals surface area contributed by atoms with Crippen LogP contribution in [0.1, 0.15) is 27.8 Å². The zero-order valence-electron chi connectivity index (χ0n) is 11.7. The maximum atomic E-state index is 5.60. The normalized spacial score (nSPS) is 11.1. The second-order valence-corrected chi connectivity index (χ2v) is 4.92. The van der Waals surface area contributed by atoms with Gasteiger partial charge in [0.1, 0.15) is 0 Å². The van der Waals surface area contributed by atoms with Gasteiger partial charge in [0.15, 0.2) is 0 Å². The fraction of sp³-hybridized carbons (Fsp3) is 0.222. The Morgan fingerprint density at radius 1 is 0.947 bits per heavy atom. The molecular formula is C18H21N. The molecule has 2 rings (SSSR count). The molecule has 0 bridgehead atoms. The summed E-state index contributed by atoms with van der Waals surface area (Å²) in [6.07, 6.45) is 5.31. The maximum Gasteiger partial charge on any atom is -0.00367 e. The second kappa shape index (κ2) is 6.35. The molecule has 0 saturated heterocycles. The van der Waals surface area contributed by atoms with Crippen LogP contribution in [0.4, 0.5) is 0 Å². The van der Waals surface area contributed by atoms with Crippen molar-refractivity contribution in [1.82, 2.24) is 0 Å². The molecule has 2 N–H and O–H groups in total. The van der Waals surface area contributed by atoms with E-state index in [1.807, 2.05) is 0 Å². The molecule has 0 fully saturated rings. The summed E-state index contributed by atoms with van der Waals surface area (Å²) in [7, 11) is 0. The van der Waals surface area contributed by atoms with Gasteiger partial charge in [-0.3, -0.25) is 0 Å². The van der Waals surface area contributed by atoms with Crippen LogP contribution in [0.2, 0.25) is 0 Å². The molecule has 1 nitrogen and oxygen atoms in total. The van der Waals surface area contributed by atoms with Crippen molar-refractivity contribution in [3.8, 4) is 0 Å². The van der Waals surface area contributed by atoms with Crippen molar-refractivity contribution in [3.63, 3.8) is 0 Å². The number of benzene rings is 2. The quantitative estimate of drug-likeness (QED) is 0.817. The summed E-state index contributed by atoms with van der Waals surface area (Å²) in [5, 5.41) is 0. The molecule has 98 valence electrons. The van der Waals surface area contributed by atoms with Crippen molar-refractivity contribution in [2.24, 2.45) is 5.73 Å². The molecule has 0 aliphatic carbocycles. The lowest BCUT2D eigenvalue weighted by atomic mass is 10.0. The first-order valence-electron chi connectivity index (χ1n) is 6.74. The van der Waals surface area contributed by atoms with Crippen molar-refractivity contribution >= 4 is 12.2 Å². The number of hydrogen-bond acceptors (Lipinski definition) is 1. The highest BCUT2D eigenvalue weighted by Gasteiger charge is 1.98. The smallest absolute Gasteiger partial charge is 0.00367 e. The monoisotopic (exact) mass is 251 g/mol. The third-order valence-electron chi connectivity index (χ3n) is 3.37. The number of aryl methyl sites for hydroxylation is 2. The molecule has 0 heterocycles. The predicted molar refractivity (Wildman–Crippen MR) is 84.0 cm³/mol. The molecule has 0 saturated carbocycles. The Morgan fingerprint density at radius 2 is 1.63 bits per heavy atom. The van der Waals surface area contributed by atoms with E-state index in [0.29, 0.717) is 6.54 Å². The van der Waals surface area contributed by atoms with E-state index in [4.69, 9.17) is 5.73 Å². The lowest BCUT2D eigenvalue weighted by Crippen LogP contribution is -2.02. The Kier molecular flexibility index (Phi) is 4.53. The van der Waals surface area contributed by atoms with Crippen LogP contribution in [-0.2, 0) is 6.42 Å². The van der Waals surface area contributed by atoms with Crippen LogP contribution >= 0.6 is 0 Å². The van der Waals surface area contributed by atoms with E-state index < -0.39 is 0 Å². The summed E-state index contributed by atoms with van der Waals surface area (Å²) in [4.78, 5) is 0. The van der Waals surface area contributed by atoms with E-state index in [0.717, 1.165) is 6.42 Å². The highest BCUT2D eigenvalue weighted by Crippen LogP contribution is 2.17. The number of nitrogens with two attached hydrogens (primary N) is 1. The van der Waals surface area contributed by atoms with E-state index in [1.165, 1.54) is 27.8 Å². The number of hydrogen-bond donors (Lipinski definition) is 1. The lowest BCUT2D eigenvalue weighted by Gasteiger charge is -2.05. The zero-order chi connectivity index (χ0) is 13.7. The number of rotatable bonds is 4. The van der Waals surface area contributed by atoms with Crippen LogP contribution in [0, 0.1) is 13.8 Å². The van der Waals surface area contributed by atoms with E-state index in [1.54, 1.807) is 0 Å². The van der Waals surface area contributed by atoms with Crippen molar-refractivity contribution in [2.75, 3.05) is 6.54 Å². The molecule has 19 heavy (non-hydrogen) atoms. The molecule has 0 atom stereocenters. The molecule has 0 unspecified atom stereocenters. The first-order valence-corrected chi connectivity index (χ1v) is 6.74. The molecule has 0 amide bonds. The van der Waals surface area contributed by atoms with Crippen molar-refractivity contribution in [2.45, 2.75) is 20.3 Å². The molecule has 0 aliphatic rings. The summed E-state index contributed by atoms with van der Waals surface area (Å²) in [6, 6.07) is 15.0. The van der Waals surface area contributed by atoms with Crippen LogP contribution in [0.25, 0.3) is 12.2 Å². The molecule has 0 aromatic heterocycles. The highest BCUT2D eigenvalue weighted by atomic mass is 14.5. The van der Waals surface area contributed by atoms with Gasteiger partial charge in [0.2, 0.25) is 0 Å². The van der Waals surface area contributed by atoms with E-state index in [-0.39, 0.29) is 0 Å². The fourth-order valence-electron chi connectivity index (χ4n) is 2.29. The fourth-order valence-corrected chi connectivity index (χ4v) is 2.29. The minimum Gasteiger partial charge on any atom is -0.330 e. The average molecular weight is 251 g/mol. The van der Waals surface area contributed by atoms with Crippen molar-refractivity contribution in [1.29, 1.82) is 0 Å². The third-order valence-corrected chi connectivity index (χ3v) is 3.37. The van der Waals surface area contributed by atoms with Gasteiger partial charge in [-0.15, -0.1) is 0 Å². The van der Waals surface area contributed by atoms with Crippen molar-refractivity contribution < 1.29 is 0 Å². The predicted octanol–water partition coefficient (Wildman–Crippen LogP) is 3.98. The Hall–Kier alpha value is -1.86. The van der Waals surface area contributed by atoms with E-state index in [9.17, 15) is 0 Å². The van der Waals surface area contributed by atoms with Gasteiger partial charge >= 0.3 is 0 Å². The SMILES string of the molecule is Cc1cccc(C)c1/C=C/c1cccc(CCN)c1. The van der Waals surface area contributed by atoms with Gasteiger partial charge < -0.3 is 5.73 Å². The molecular weight excluding hydrogens is 230 g/mol. The molecule has 0 aliphatic heterocycles. The van der Waals surface area contributed by atoms with Crippen LogP contribution in [0.3, 0.4) is 0 Å². The van der Waals surface area contributed by atoms with Gasteiger partial charge in [-0.1, -0.05) is 54.6 Å². The van der Waals surface area contributed by atoms with Gasteiger partial charge in [0.05, 0.1) is 0 Å². The standard InChI is InChI=1S/C18H21N/c1-14-5-3-6-15(2)18(14)10-9-16-7-4-8-17(13-16)11-12-19/h3-10,13H,11-12,19H2,1-2H3/b10-9+. The van der Waals surface area contributed by atoms with Crippen LogP contribution in [0.5, 0.6) is 0 Å². The van der Waals surface area contributed by atoms with E-state index in [2.05, 4.69) is 68.5 Å². The van der Waals surface area contributed by atoms with Gasteiger partial charge in [0.25, 0.3) is 0 Å². The largest absolute Gasteiger partial charge is 0.330 e. The van der Waals surface area contributed by atoms with E-state index >= 15 is 0 Å². The second-order valence-electron chi connectivity index (χ2n) is 4.92. The zero-order valence-corrected chi connectivity index (χ0v) is 11.7. The van der Waals surface area contributed by atoms with Gasteiger partial charge in [-0.05, 0) is 54.6 Å². The minimum atomic E-state index is 0.698. The molecule has 2 aromatic carbocycles. The van der Waals surface area contributed by atoms with Crippen molar-refractivity contribution in [3.05, 3.63) is 70.3 Å². The minimum absolute atomic E-state index is 0.698. The van der Waals surface area contributed by atoms with Gasteiger partial charge in [0, 0.05) is 0 Å². The summed E-state index contributed by atoms with van der Waals surface area (Å²) >= 11 is 0. The summed E-state index contributed by atoms with van der Waals surface area (Å²) in [6.45, 7) is 5.00. The average Bonchev–Trinajstić information content (AvgIpc) is 2.39. The molecule has 2 aromatic rings. The summed E-state index contributed by atoms with van der Waals surface area (Å²) < 4.78 is 0. The third kappa shape index (κ3) is 3.55. The lowest BCUT2D eigenvalue weighted by molar-refractivity contribution is 0.968. The first kappa shape index (κ1) is 13.6. The van der Waals surface area contributed by atoms with Gasteiger partial charge in [-0.2, -0.15) is 0 Å². The summed E-state index contributed by atoms with van der Waals surface area (Å²) in [5.41, 5.74) is 12.1. The van der Waals surface area contributed by atoms with Gasteiger partial charge in [-0.25, -0.2) is 0 Å². The van der Waals surface area contributed by atoms with Crippen LogP contribution in [0.15, 0.2) is 42.5 Å². The van der Waals surface area contributed by atoms with Crippen LogP contribution in [-0.4, -0.2) is 6.54 Å².